The van der Waals surface area contributed by atoms with Gasteiger partial charge in [0.1, 0.15) is 0 Å². The van der Waals surface area contributed by atoms with Gasteiger partial charge < -0.3 is 0 Å². The Hall–Kier alpha value is 0.532. The summed E-state index contributed by atoms with van der Waals surface area (Å²) in [6.07, 6.45) is 10.5. The van der Waals surface area contributed by atoms with Crippen molar-refractivity contribution in [1.82, 2.24) is 0 Å². The lowest BCUT2D eigenvalue weighted by molar-refractivity contribution is 0.489. The van der Waals surface area contributed by atoms with Crippen LogP contribution in [0.15, 0.2) is 0 Å². The maximum absolute atomic E-state index is 2.42. The van der Waals surface area contributed by atoms with Crippen LogP contribution in [0.2, 0.25) is 15.8 Å². The molecule has 14 heavy (non-hydrogen) atoms. The first-order valence-corrected chi connectivity index (χ1v) is 9.31. The summed E-state index contributed by atoms with van der Waals surface area (Å²) >= 11 is -0.183. The van der Waals surface area contributed by atoms with Crippen molar-refractivity contribution in [2.75, 3.05) is 0 Å². The lowest BCUT2D eigenvalue weighted by atomic mass is 10.0. The summed E-state index contributed by atoms with van der Waals surface area (Å²) in [6, 6.07) is 0. The summed E-state index contributed by atoms with van der Waals surface area (Å²) in [5.74, 6) is 1.16. The first-order valence-electron chi connectivity index (χ1n) is 6.86. The highest BCUT2D eigenvalue weighted by atomic mass is 27.2. The van der Waals surface area contributed by atoms with E-state index in [-0.39, 0.29) is 14.1 Å². The molecule has 1 heterocycles. The highest BCUT2D eigenvalue weighted by Crippen LogP contribution is 2.32. The molecule has 0 aromatic heterocycles. The van der Waals surface area contributed by atoms with E-state index in [0.29, 0.717) is 0 Å². The minimum atomic E-state index is -0.183. The zero-order valence-corrected chi connectivity index (χ0v) is 11.4. The van der Waals surface area contributed by atoms with Crippen LogP contribution in [0.1, 0.15) is 58.8 Å². The van der Waals surface area contributed by atoms with Crippen LogP contribution in [-0.4, -0.2) is 14.1 Å². The number of unbranched alkanes of at least 4 members (excludes halogenated alkanes) is 4. The fourth-order valence-electron chi connectivity index (χ4n) is 2.85. The van der Waals surface area contributed by atoms with E-state index in [1.807, 2.05) is 0 Å². The van der Waals surface area contributed by atoms with E-state index >= 15 is 0 Å². The standard InChI is InChI=1S/C11H22.C2H5.Al/c1-4-6-7-8-9-10-11(3)5-2;1-2;/h11H,2-10H2,1H3;1H2,2H3;. The zero-order chi connectivity index (χ0) is 10.2. The minimum absolute atomic E-state index is 0.183. The Labute approximate surface area is 94.9 Å². The van der Waals surface area contributed by atoms with Crippen LogP contribution in [0.3, 0.4) is 0 Å². The summed E-state index contributed by atoms with van der Waals surface area (Å²) in [5, 5.41) is 4.91. The van der Waals surface area contributed by atoms with Crippen LogP contribution in [0, 0.1) is 5.92 Å². The zero-order valence-electron chi connectivity index (χ0n) is 10.2. The highest BCUT2D eigenvalue weighted by molar-refractivity contribution is 6.59. The van der Waals surface area contributed by atoms with Crippen LogP contribution < -0.4 is 0 Å². The molecule has 1 unspecified atom stereocenters. The second-order valence-corrected chi connectivity index (χ2v) is 8.75. The van der Waals surface area contributed by atoms with E-state index in [0.717, 1.165) is 5.92 Å². The Balaban J connectivity index is 1.92. The van der Waals surface area contributed by atoms with Gasteiger partial charge in [-0.15, -0.1) is 0 Å². The smallest absolute Gasteiger partial charge is 0.0967 e. The van der Waals surface area contributed by atoms with Gasteiger partial charge in [0, 0.05) is 0 Å². The van der Waals surface area contributed by atoms with Crippen molar-refractivity contribution in [2.45, 2.75) is 74.6 Å². The maximum atomic E-state index is 2.42. The average molecular weight is 210 g/mol. The van der Waals surface area contributed by atoms with Crippen molar-refractivity contribution in [1.29, 1.82) is 0 Å². The van der Waals surface area contributed by atoms with Crippen molar-refractivity contribution in [2.24, 2.45) is 5.92 Å². The minimum Gasteiger partial charge on any atom is -0.0967 e. The third-order valence-corrected chi connectivity index (χ3v) is 7.58. The molecular formula is C13H27Al. The monoisotopic (exact) mass is 210 g/mol. The molecule has 0 nitrogen and oxygen atoms in total. The van der Waals surface area contributed by atoms with E-state index in [9.17, 15) is 0 Å². The molecule has 82 valence electrons. The quantitative estimate of drug-likeness (QED) is 0.415. The molecule has 1 aliphatic rings. The van der Waals surface area contributed by atoms with Crippen molar-refractivity contribution in [3.8, 4) is 0 Å². The topological polar surface area (TPSA) is 0 Å². The van der Waals surface area contributed by atoms with Crippen LogP contribution in [-0.2, 0) is 0 Å². The normalized spacial score (nSPS) is 21.9. The lowest BCUT2D eigenvalue weighted by Crippen LogP contribution is -2.04. The molecule has 0 aliphatic carbocycles. The Morgan fingerprint density at radius 2 is 1.86 bits per heavy atom. The molecule has 1 saturated heterocycles. The Morgan fingerprint density at radius 1 is 1.07 bits per heavy atom. The summed E-state index contributed by atoms with van der Waals surface area (Å²) in [5.41, 5.74) is 0. The molecule has 0 amide bonds. The molecule has 1 heteroatoms. The van der Waals surface area contributed by atoms with Crippen LogP contribution >= 0.6 is 0 Å². The second-order valence-electron chi connectivity index (χ2n) is 5.16. The molecule has 0 bridgehead atoms. The van der Waals surface area contributed by atoms with E-state index in [2.05, 4.69) is 13.8 Å². The van der Waals surface area contributed by atoms with E-state index < -0.39 is 0 Å². The van der Waals surface area contributed by atoms with Crippen molar-refractivity contribution < 1.29 is 0 Å². The molecule has 1 aliphatic heterocycles. The van der Waals surface area contributed by atoms with E-state index in [4.69, 9.17) is 0 Å². The Morgan fingerprint density at radius 3 is 2.50 bits per heavy atom. The van der Waals surface area contributed by atoms with Crippen molar-refractivity contribution in [3.05, 3.63) is 0 Å². The predicted molar refractivity (Wildman–Crippen MR) is 67.3 cm³/mol. The molecule has 0 aromatic rings. The summed E-state index contributed by atoms with van der Waals surface area (Å²) in [4.78, 5) is 0. The van der Waals surface area contributed by atoms with Gasteiger partial charge in [0.15, 0.2) is 0 Å². The van der Waals surface area contributed by atoms with Gasteiger partial charge in [0.2, 0.25) is 0 Å². The molecule has 1 atom stereocenters. The van der Waals surface area contributed by atoms with Gasteiger partial charge in [-0.1, -0.05) is 80.6 Å². The Kier molecular flexibility index (Phi) is 7.00. The summed E-state index contributed by atoms with van der Waals surface area (Å²) in [7, 11) is 0. The van der Waals surface area contributed by atoms with E-state index in [1.54, 1.807) is 28.7 Å². The fraction of sp³-hybridized carbons (Fsp3) is 1.00. The van der Waals surface area contributed by atoms with Gasteiger partial charge >= 0.3 is 0 Å². The molecule has 0 saturated carbocycles. The SMILES string of the molecule is CCCCCCCC1C[CH2][Al]([CH2]C)[CH2]1. The van der Waals surface area contributed by atoms with Gasteiger partial charge in [-0.05, 0) is 0 Å². The van der Waals surface area contributed by atoms with Gasteiger partial charge in [0.05, 0.1) is 0 Å². The molecule has 0 radical (unpaired) electrons. The summed E-state index contributed by atoms with van der Waals surface area (Å²) < 4.78 is 0. The average Bonchev–Trinajstić information content (AvgIpc) is 2.65. The number of hydrogen-bond donors (Lipinski definition) is 0. The number of hydrogen-bond acceptors (Lipinski definition) is 0. The van der Waals surface area contributed by atoms with Crippen molar-refractivity contribution >= 4 is 14.1 Å². The van der Waals surface area contributed by atoms with Gasteiger partial charge in [0.25, 0.3) is 14.1 Å². The third kappa shape index (κ3) is 4.85. The molecule has 0 N–H and O–H groups in total. The molecular weight excluding hydrogens is 183 g/mol. The molecule has 0 aromatic carbocycles. The molecule has 1 rings (SSSR count). The van der Waals surface area contributed by atoms with Crippen LogP contribution in [0.25, 0.3) is 0 Å². The lowest BCUT2D eigenvalue weighted by Gasteiger charge is -2.08. The third-order valence-electron chi connectivity index (χ3n) is 3.94. The highest BCUT2D eigenvalue weighted by Gasteiger charge is 2.27. The fourth-order valence-corrected chi connectivity index (χ4v) is 6.18. The maximum Gasteiger partial charge on any atom is 0.261 e. The van der Waals surface area contributed by atoms with Crippen LogP contribution in [0.5, 0.6) is 0 Å². The second kappa shape index (κ2) is 7.78. The molecule has 1 fully saturated rings. The predicted octanol–water partition coefficient (Wildman–Crippen LogP) is 4.88. The first-order chi connectivity index (χ1) is 6.86. The van der Waals surface area contributed by atoms with Gasteiger partial charge in [-0.3, -0.25) is 0 Å². The summed E-state index contributed by atoms with van der Waals surface area (Å²) in [6.45, 7) is 4.72. The van der Waals surface area contributed by atoms with Gasteiger partial charge in [-0.2, -0.15) is 0 Å². The van der Waals surface area contributed by atoms with E-state index in [1.165, 1.54) is 32.1 Å². The van der Waals surface area contributed by atoms with Crippen molar-refractivity contribution in [3.63, 3.8) is 0 Å². The Bertz CT molecular complexity index is 133. The number of rotatable bonds is 7. The van der Waals surface area contributed by atoms with Gasteiger partial charge in [-0.25, -0.2) is 0 Å². The largest absolute Gasteiger partial charge is 0.261 e. The first kappa shape index (κ1) is 12.6. The molecule has 0 spiro atoms. The van der Waals surface area contributed by atoms with Crippen LogP contribution in [0.4, 0.5) is 0 Å².